The summed E-state index contributed by atoms with van der Waals surface area (Å²) in [5.41, 5.74) is 0. The van der Waals surface area contributed by atoms with Crippen molar-refractivity contribution in [2.75, 3.05) is 6.61 Å². The average Bonchev–Trinajstić information content (AvgIpc) is 2.86. The Labute approximate surface area is 113 Å². The van der Waals surface area contributed by atoms with Crippen molar-refractivity contribution < 1.29 is 9.53 Å². The molecule has 2 unspecified atom stereocenters. The summed E-state index contributed by atoms with van der Waals surface area (Å²) in [5.74, 6) is 1.10. The highest BCUT2D eigenvalue weighted by molar-refractivity contribution is 5.84. The molecule has 2 N–H and O–H groups in total. The van der Waals surface area contributed by atoms with E-state index in [-0.39, 0.29) is 5.82 Å². The first-order chi connectivity index (χ1) is 9.19. The molecule has 19 heavy (non-hydrogen) atoms. The van der Waals surface area contributed by atoms with Crippen LogP contribution in [0.5, 0.6) is 0 Å². The van der Waals surface area contributed by atoms with E-state index in [2.05, 4.69) is 27.4 Å². The van der Waals surface area contributed by atoms with E-state index in [4.69, 9.17) is 4.74 Å². The fourth-order valence-electron chi connectivity index (χ4n) is 2.52. The summed E-state index contributed by atoms with van der Waals surface area (Å²) in [6, 6.07) is 0.542. The van der Waals surface area contributed by atoms with Crippen LogP contribution in [0.4, 0.5) is 0 Å². The lowest BCUT2D eigenvalue weighted by Crippen LogP contribution is -2.33. The van der Waals surface area contributed by atoms with Crippen molar-refractivity contribution in [3.05, 3.63) is 11.6 Å². The fraction of sp³-hybridized carbons (Fsp3) is 0.769. The highest BCUT2D eigenvalue weighted by Gasteiger charge is 2.19. The van der Waals surface area contributed by atoms with E-state index in [1.807, 2.05) is 0 Å². The van der Waals surface area contributed by atoms with Crippen LogP contribution in [0.15, 0.2) is 0 Å². The summed E-state index contributed by atoms with van der Waals surface area (Å²) in [6.45, 7) is 5.00. The molecule has 0 bridgehead atoms. The number of hydrogen-bond acceptors (Lipinski definition) is 5. The summed E-state index contributed by atoms with van der Waals surface area (Å²) in [7, 11) is 0. The number of ether oxygens (including phenoxy) is 1. The first-order valence-electron chi connectivity index (χ1n) is 7.00. The van der Waals surface area contributed by atoms with Gasteiger partial charge in [0.15, 0.2) is 0 Å². The Hall–Kier alpha value is -1.43. The molecule has 1 aromatic rings. The smallest absolute Gasteiger partial charge is 0.378 e. The minimum Gasteiger partial charge on any atom is -0.460 e. The normalized spacial score (nSPS) is 23.3. The molecule has 0 aromatic carbocycles. The van der Waals surface area contributed by atoms with Gasteiger partial charge in [-0.3, -0.25) is 5.10 Å². The van der Waals surface area contributed by atoms with Crippen LogP contribution in [-0.2, 0) is 11.3 Å². The zero-order chi connectivity index (χ0) is 13.7. The van der Waals surface area contributed by atoms with Crippen LogP contribution in [0.2, 0.25) is 0 Å². The Morgan fingerprint density at radius 1 is 1.53 bits per heavy atom. The van der Waals surface area contributed by atoms with Crippen LogP contribution in [0.25, 0.3) is 0 Å². The number of aromatic amines is 1. The van der Waals surface area contributed by atoms with E-state index < -0.39 is 5.97 Å². The molecule has 1 aliphatic carbocycles. The van der Waals surface area contributed by atoms with Gasteiger partial charge in [0.1, 0.15) is 5.82 Å². The number of hydrogen-bond donors (Lipinski definition) is 2. The van der Waals surface area contributed by atoms with E-state index in [1.165, 1.54) is 25.7 Å². The third-order valence-corrected chi connectivity index (χ3v) is 3.48. The first-order valence-corrected chi connectivity index (χ1v) is 7.00. The predicted molar refractivity (Wildman–Crippen MR) is 70.6 cm³/mol. The topological polar surface area (TPSA) is 79.9 Å². The summed E-state index contributed by atoms with van der Waals surface area (Å²) >= 11 is 0. The molecule has 1 aromatic heterocycles. The summed E-state index contributed by atoms with van der Waals surface area (Å²) in [5, 5.41) is 10.1. The second kappa shape index (κ2) is 6.65. The number of esters is 1. The number of nitrogens with one attached hydrogen (secondary N) is 2. The lowest BCUT2D eigenvalue weighted by Gasteiger charge is -2.27. The molecule has 0 aliphatic heterocycles. The second-order valence-electron chi connectivity index (χ2n) is 5.18. The van der Waals surface area contributed by atoms with Crippen LogP contribution >= 0.6 is 0 Å². The summed E-state index contributed by atoms with van der Waals surface area (Å²) < 4.78 is 4.85. The largest absolute Gasteiger partial charge is 0.460 e. The molecular formula is C13H22N4O2. The van der Waals surface area contributed by atoms with Crippen LogP contribution in [0.3, 0.4) is 0 Å². The van der Waals surface area contributed by atoms with Gasteiger partial charge in [-0.15, -0.1) is 5.10 Å². The van der Waals surface area contributed by atoms with E-state index in [0.29, 0.717) is 25.0 Å². The minimum absolute atomic E-state index is 0.107. The second-order valence-corrected chi connectivity index (χ2v) is 5.18. The zero-order valence-corrected chi connectivity index (χ0v) is 11.6. The number of rotatable bonds is 5. The molecule has 1 heterocycles. The van der Waals surface area contributed by atoms with Crippen LogP contribution in [0.1, 0.15) is 56.0 Å². The molecular weight excluding hydrogens is 244 g/mol. The van der Waals surface area contributed by atoms with Crippen molar-refractivity contribution >= 4 is 5.97 Å². The molecule has 0 amide bonds. The van der Waals surface area contributed by atoms with Gasteiger partial charge >= 0.3 is 5.97 Å². The highest BCUT2D eigenvalue weighted by atomic mass is 16.5. The Morgan fingerprint density at radius 3 is 3.11 bits per heavy atom. The Bertz CT molecular complexity index is 419. The molecule has 2 atom stereocenters. The van der Waals surface area contributed by atoms with Gasteiger partial charge < -0.3 is 10.1 Å². The molecule has 0 saturated heterocycles. The van der Waals surface area contributed by atoms with Gasteiger partial charge in [-0.2, -0.15) is 0 Å². The summed E-state index contributed by atoms with van der Waals surface area (Å²) in [4.78, 5) is 15.5. The monoisotopic (exact) mass is 266 g/mol. The maximum Gasteiger partial charge on any atom is 0.378 e. The maximum absolute atomic E-state index is 11.4. The van der Waals surface area contributed by atoms with Gasteiger partial charge in [0.05, 0.1) is 13.2 Å². The molecule has 1 saturated carbocycles. The Kier molecular flexibility index (Phi) is 4.90. The molecule has 1 aliphatic rings. The van der Waals surface area contributed by atoms with E-state index in [0.717, 1.165) is 5.92 Å². The van der Waals surface area contributed by atoms with E-state index in [1.54, 1.807) is 6.92 Å². The van der Waals surface area contributed by atoms with Gasteiger partial charge in [-0.25, -0.2) is 9.78 Å². The molecule has 0 radical (unpaired) electrons. The van der Waals surface area contributed by atoms with Gasteiger partial charge in [0.25, 0.3) is 5.82 Å². The molecule has 2 rings (SSSR count). The third kappa shape index (κ3) is 4.02. The Balaban J connectivity index is 1.81. The molecule has 106 valence electrons. The van der Waals surface area contributed by atoms with Crippen LogP contribution in [0, 0.1) is 5.92 Å². The minimum atomic E-state index is -0.476. The van der Waals surface area contributed by atoms with Crippen molar-refractivity contribution in [3.8, 4) is 0 Å². The highest BCUT2D eigenvalue weighted by Crippen LogP contribution is 2.23. The molecule has 6 nitrogen and oxygen atoms in total. The van der Waals surface area contributed by atoms with Crippen molar-refractivity contribution in [2.24, 2.45) is 5.92 Å². The number of nitrogens with zero attached hydrogens (tertiary/aromatic N) is 2. The van der Waals surface area contributed by atoms with Crippen molar-refractivity contribution in [1.82, 2.24) is 20.5 Å². The van der Waals surface area contributed by atoms with Crippen molar-refractivity contribution in [1.29, 1.82) is 0 Å². The molecule has 1 fully saturated rings. The van der Waals surface area contributed by atoms with Crippen LogP contribution in [-0.4, -0.2) is 33.8 Å². The maximum atomic E-state index is 11.4. The quantitative estimate of drug-likeness (QED) is 0.792. The standard InChI is InChI=1S/C13H22N4O2/c1-3-19-13(18)12-15-11(16-17-12)8-14-10-6-4-5-9(2)7-10/h9-10,14H,3-8H2,1-2H3,(H,15,16,17). The van der Waals surface area contributed by atoms with Gasteiger partial charge in [0.2, 0.25) is 0 Å². The number of carbonyl (C=O) groups is 1. The van der Waals surface area contributed by atoms with Gasteiger partial charge in [-0.05, 0) is 25.7 Å². The third-order valence-electron chi connectivity index (χ3n) is 3.48. The van der Waals surface area contributed by atoms with Crippen molar-refractivity contribution in [2.45, 2.75) is 52.1 Å². The predicted octanol–water partition coefficient (Wildman–Crippen LogP) is 1.65. The fourth-order valence-corrected chi connectivity index (χ4v) is 2.52. The number of carbonyl (C=O) groups excluding carboxylic acids is 1. The Morgan fingerprint density at radius 2 is 2.37 bits per heavy atom. The van der Waals surface area contributed by atoms with Crippen LogP contribution < -0.4 is 5.32 Å². The lowest BCUT2D eigenvalue weighted by atomic mass is 9.87. The molecule has 0 spiro atoms. The lowest BCUT2D eigenvalue weighted by molar-refractivity contribution is 0.0512. The number of aromatic nitrogens is 3. The van der Waals surface area contributed by atoms with E-state index in [9.17, 15) is 4.79 Å². The zero-order valence-electron chi connectivity index (χ0n) is 11.6. The van der Waals surface area contributed by atoms with Gasteiger partial charge in [-0.1, -0.05) is 19.8 Å². The van der Waals surface area contributed by atoms with Gasteiger partial charge in [0, 0.05) is 6.04 Å². The molecule has 6 heteroatoms. The number of H-pyrrole nitrogens is 1. The average molecular weight is 266 g/mol. The SMILES string of the molecule is CCOC(=O)c1n[nH]c(CNC2CCCC(C)C2)n1. The summed E-state index contributed by atoms with van der Waals surface area (Å²) in [6.07, 6.45) is 5.03. The van der Waals surface area contributed by atoms with Crippen molar-refractivity contribution in [3.63, 3.8) is 0 Å². The first kappa shape index (κ1) is 14.0. The van der Waals surface area contributed by atoms with E-state index >= 15 is 0 Å².